The van der Waals surface area contributed by atoms with Crippen molar-refractivity contribution in [3.8, 4) is 33.4 Å². The van der Waals surface area contributed by atoms with Crippen LogP contribution in [0.4, 0.5) is 17.1 Å². The Balaban J connectivity index is 1.45. The Morgan fingerprint density at radius 3 is 1.68 bits per heavy atom. The van der Waals surface area contributed by atoms with Gasteiger partial charge in [-0.15, -0.1) is 0 Å². The summed E-state index contributed by atoms with van der Waals surface area (Å²) in [5.41, 5.74) is 3.36. The molecule has 0 heterocycles. The monoisotopic (exact) mass is 531 g/mol. The number of benzene rings is 7. The first-order valence-electron chi connectivity index (χ1n) is 17.4. The van der Waals surface area contributed by atoms with Gasteiger partial charge in [0, 0.05) is 17.1 Å². The van der Waals surface area contributed by atoms with Crippen LogP contribution in [-0.4, -0.2) is 0 Å². The highest BCUT2D eigenvalue weighted by atomic mass is 15.1. The van der Waals surface area contributed by atoms with Crippen LogP contribution in [0.2, 0.25) is 0 Å². The maximum Gasteiger partial charge on any atom is 0.0651 e. The topological polar surface area (TPSA) is 3.24 Å². The Labute approximate surface area is 252 Å². The summed E-state index contributed by atoms with van der Waals surface area (Å²) in [6.45, 7) is 0. The fourth-order valence-electron chi connectivity index (χ4n) is 4.90. The Hall–Kier alpha value is -5.40. The molecule has 0 aliphatic rings. The molecule has 7 aromatic rings. The van der Waals surface area contributed by atoms with Crippen molar-refractivity contribution in [2.24, 2.45) is 0 Å². The van der Waals surface area contributed by atoms with Gasteiger partial charge >= 0.3 is 0 Å². The number of fused-ring (bicyclic) bond motifs is 1. The van der Waals surface area contributed by atoms with Crippen molar-refractivity contribution in [1.29, 1.82) is 0 Å². The van der Waals surface area contributed by atoms with Gasteiger partial charge in [-0.3, -0.25) is 0 Å². The smallest absolute Gasteiger partial charge is 0.0651 e. The molecule has 7 aromatic carbocycles. The minimum Gasteiger partial charge on any atom is -0.310 e. The summed E-state index contributed by atoms with van der Waals surface area (Å²) in [5, 5.41) is 1.85. The van der Waals surface area contributed by atoms with Crippen LogP contribution < -0.4 is 4.90 Å². The molecule has 0 aliphatic carbocycles. The van der Waals surface area contributed by atoms with E-state index in [9.17, 15) is 4.11 Å². The number of hydrogen-bond donors (Lipinski definition) is 0. The van der Waals surface area contributed by atoms with Crippen LogP contribution in [0.25, 0.3) is 44.2 Å². The summed E-state index contributed by atoms with van der Waals surface area (Å²) in [4.78, 5) is 1.36. The molecule has 194 valence electrons. The molecule has 7 rings (SSSR count). The van der Waals surface area contributed by atoms with Crippen molar-refractivity contribution >= 4 is 27.8 Å². The van der Waals surface area contributed by atoms with E-state index >= 15 is 0 Å². The number of nitrogens with zero attached hydrogens (tertiary/aromatic N) is 1. The average molecular weight is 532 g/mol. The largest absolute Gasteiger partial charge is 0.310 e. The van der Waals surface area contributed by atoms with Gasteiger partial charge < -0.3 is 4.90 Å². The predicted molar refractivity (Wildman–Crippen MR) is 175 cm³/mol. The van der Waals surface area contributed by atoms with Crippen LogP contribution in [0.15, 0.2) is 176 Å². The second-order valence-electron chi connectivity index (χ2n) is 9.62. The van der Waals surface area contributed by atoms with Gasteiger partial charge in [-0.25, -0.2) is 0 Å². The average Bonchev–Trinajstić information content (AvgIpc) is 3.13. The molecule has 0 radical (unpaired) electrons. The van der Waals surface area contributed by atoms with Crippen molar-refractivity contribution in [3.05, 3.63) is 176 Å². The Bertz CT molecular complexity index is 2330. The molecule has 0 amide bonds. The second-order valence-corrected chi connectivity index (χ2v) is 9.62. The van der Waals surface area contributed by atoms with Gasteiger partial charge in [0.05, 0.1) is 11.0 Å². The van der Waals surface area contributed by atoms with E-state index in [1.807, 2.05) is 78.9 Å². The third kappa shape index (κ3) is 5.14. The SMILES string of the molecule is [2H]c1c([2H])c(-c2ccc3ccccc3c2)c([2H])c(N(c2ccccc2)c2c([2H])c([2H])c(-c3ccc(-c4ccccc4)cc3)c([2H])c2[2H])c1[2H]. The van der Waals surface area contributed by atoms with Crippen LogP contribution in [0.1, 0.15) is 11.0 Å². The molecule has 0 saturated heterocycles. The van der Waals surface area contributed by atoms with Gasteiger partial charge in [0.1, 0.15) is 0 Å². The molecule has 1 nitrogen and oxygen atoms in total. The van der Waals surface area contributed by atoms with Crippen molar-refractivity contribution in [2.45, 2.75) is 0 Å². The number of para-hydroxylation sites is 1. The molecule has 0 aromatic heterocycles. The maximum atomic E-state index is 9.43. The Morgan fingerprint density at radius 2 is 0.951 bits per heavy atom. The summed E-state index contributed by atoms with van der Waals surface area (Å²) in [7, 11) is 0. The zero-order valence-corrected chi connectivity index (χ0v) is 22.1. The fourth-order valence-corrected chi connectivity index (χ4v) is 4.90. The lowest BCUT2D eigenvalue weighted by Gasteiger charge is -2.26. The molecule has 0 spiro atoms. The van der Waals surface area contributed by atoms with Gasteiger partial charge in [-0.1, -0.05) is 133 Å². The summed E-state index contributed by atoms with van der Waals surface area (Å²) in [6.07, 6.45) is 0. The first kappa shape index (κ1) is 17.3. The number of anilines is 3. The molecule has 0 aliphatic heterocycles. The van der Waals surface area contributed by atoms with E-state index in [-0.39, 0.29) is 58.8 Å². The first-order valence-corrected chi connectivity index (χ1v) is 13.4. The van der Waals surface area contributed by atoms with Gasteiger partial charge in [0.15, 0.2) is 0 Å². The zero-order chi connectivity index (χ0) is 34.4. The maximum absolute atomic E-state index is 9.43. The predicted octanol–water partition coefficient (Wildman–Crippen LogP) is 11.3. The van der Waals surface area contributed by atoms with E-state index in [0.717, 1.165) is 21.9 Å². The molecule has 0 fully saturated rings. The third-order valence-corrected chi connectivity index (χ3v) is 7.00. The van der Waals surface area contributed by atoms with Gasteiger partial charge in [-0.05, 0) is 86.5 Å². The summed E-state index contributed by atoms with van der Waals surface area (Å²) >= 11 is 0. The van der Waals surface area contributed by atoms with Crippen LogP contribution in [0, 0.1) is 0 Å². The lowest BCUT2D eigenvalue weighted by Crippen LogP contribution is -2.09. The summed E-state index contributed by atoms with van der Waals surface area (Å²) in [5.74, 6) is 0. The van der Waals surface area contributed by atoms with Crippen molar-refractivity contribution in [1.82, 2.24) is 0 Å². The highest BCUT2D eigenvalue weighted by Gasteiger charge is 2.14. The van der Waals surface area contributed by atoms with Crippen LogP contribution in [0.5, 0.6) is 0 Å². The highest BCUT2D eigenvalue weighted by molar-refractivity contribution is 5.88. The molecule has 1 heteroatoms. The number of rotatable bonds is 6. The molecule has 0 atom stereocenters. The molecule has 41 heavy (non-hydrogen) atoms. The molecular weight excluding hydrogens is 494 g/mol. The number of hydrogen-bond acceptors (Lipinski definition) is 1. The minimum absolute atomic E-state index is 0.115. The summed E-state index contributed by atoms with van der Waals surface area (Å²) < 4.78 is 72.8. The van der Waals surface area contributed by atoms with E-state index in [1.165, 1.54) is 4.90 Å². The molecule has 0 saturated carbocycles. The van der Waals surface area contributed by atoms with Crippen molar-refractivity contribution < 1.29 is 11.0 Å². The normalized spacial score (nSPS) is 13.7. The van der Waals surface area contributed by atoms with Gasteiger partial charge in [0.25, 0.3) is 0 Å². The molecular formula is C40H29N. The fraction of sp³-hybridized carbons (Fsp3) is 0. The summed E-state index contributed by atoms with van der Waals surface area (Å²) in [6, 6.07) is 36.3. The van der Waals surface area contributed by atoms with E-state index in [4.69, 9.17) is 6.85 Å². The Kier molecular flexibility index (Phi) is 4.65. The van der Waals surface area contributed by atoms with E-state index in [1.54, 1.807) is 48.5 Å². The molecule has 0 bridgehead atoms. The van der Waals surface area contributed by atoms with E-state index < -0.39 is 12.1 Å². The molecule has 0 unspecified atom stereocenters. The van der Waals surface area contributed by atoms with E-state index in [2.05, 4.69) is 0 Å². The lowest BCUT2D eigenvalue weighted by atomic mass is 9.99. The lowest BCUT2D eigenvalue weighted by molar-refractivity contribution is 1.28. The van der Waals surface area contributed by atoms with Crippen molar-refractivity contribution in [3.63, 3.8) is 0 Å². The van der Waals surface area contributed by atoms with Crippen LogP contribution in [-0.2, 0) is 0 Å². The second kappa shape index (κ2) is 11.0. The minimum atomic E-state index is -0.430. The van der Waals surface area contributed by atoms with Crippen LogP contribution in [0.3, 0.4) is 0 Å². The van der Waals surface area contributed by atoms with Crippen LogP contribution >= 0.6 is 0 Å². The first-order chi connectivity index (χ1) is 23.7. The van der Waals surface area contributed by atoms with Gasteiger partial charge in [-0.2, -0.15) is 0 Å². The third-order valence-electron chi connectivity index (χ3n) is 7.00. The highest BCUT2D eigenvalue weighted by Crippen LogP contribution is 2.38. The van der Waals surface area contributed by atoms with Gasteiger partial charge in [0.2, 0.25) is 0 Å². The molecule has 0 N–H and O–H groups in total. The Morgan fingerprint density at radius 1 is 0.366 bits per heavy atom. The standard InChI is InChI=1S/C40H29N/c1-3-10-30(11-4-1)32-18-20-33(21-19-32)34-24-26-39(27-25-34)41(38-15-5-2-6-16-38)40-17-9-14-36(29-40)37-23-22-31-12-7-8-13-35(31)28-37/h1-29H/i9D,14D,17D,24D,25D,26D,27D,29D. The zero-order valence-electron chi connectivity index (χ0n) is 30.1. The quantitative estimate of drug-likeness (QED) is 0.206. The van der Waals surface area contributed by atoms with E-state index in [0.29, 0.717) is 16.8 Å². The van der Waals surface area contributed by atoms with Crippen molar-refractivity contribution in [2.75, 3.05) is 4.90 Å².